The third-order valence-corrected chi connectivity index (χ3v) is 1.24. The van der Waals surface area contributed by atoms with Crippen molar-refractivity contribution in [3.05, 3.63) is 0 Å². The van der Waals surface area contributed by atoms with Gasteiger partial charge in [-0.2, -0.15) is 0 Å². The van der Waals surface area contributed by atoms with Crippen LogP contribution in [-0.4, -0.2) is 41.3 Å². The topological polar surface area (TPSA) is 113 Å². The van der Waals surface area contributed by atoms with Crippen molar-refractivity contribution in [2.45, 2.75) is 12.5 Å². The van der Waals surface area contributed by atoms with E-state index >= 15 is 0 Å². The maximum Gasteiger partial charge on any atom is 0.326 e. The highest BCUT2D eigenvalue weighted by molar-refractivity contribution is 5.84. The lowest BCUT2D eigenvalue weighted by Crippen LogP contribution is -2.43. The number of rotatable bonds is 5. The molecule has 0 aromatic carbocycles. The van der Waals surface area contributed by atoms with Crippen LogP contribution in [0.4, 0.5) is 0 Å². The highest BCUT2D eigenvalue weighted by atomic mass is 16.4. The first-order valence-corrected chi connectivity index (χ1v) is 3.45. The molecule has 0 saturated heterocycles. The molecule has 0 bridgehead atoms. The summed E-state index contributed by atoms with van der Waals surface area (Å²) in [5.41, 5.74) is 4.95. The summed E-state index contributed by atoms with van der Waals surface area (Å²) in [6.45, 7) is -0.545. The molecular weight excluding hydrogens is 164 g/mol. The predicted molar refractivity (Wildman–Crippen MR) is 40.3 cm³/mol. The van der Waals surface area contributed by atoms with Crippen LogP contribution in [0.25, 0.3) is 0 Å². The van der Waals surface area contributed by atoms with E-state index in [2.05, 4.69) is 5.32 Å². The minimum atomic E-state index is -1.18. The van der Waals surface area contributed by atoms with E-state index in [1.807, 2.05) is 0 Å². The van der Waals surface area contributed by atoms with Crippen molar-refractivity contribution in [2.75, 3.05) is 13.2 Å². The van der Waals surface area contributed by atoms with Gasteiger partial charge in [-0.15, -0.1) is 0 Å². The molecule has 0 aliphatic rings. The molecule has 6 nitrogen and oxygen atoms in total. The van der Waals surface area contributed by atoms with Crippen molar-refractivity contribution >= 4 is 11.9 Å². The number of aliphatic hydroxyl groups is 1. The number of aliphatic carboxylic acids is 1. The van der Waals surface area contributed by atoms with Gasteiger partial charge in [0.1, 0.15) is 6.04 Å². The van der Waals surface area contributed by atoms with E-state index in [-0.39, 0.29) is 19.6 Å². The molecule has 0 aromatic heterocycles. The highest BCUT2D eigenvalue weighted by Crippen LogP contribution is 1.90. The summed E-state index contributed by atoms with van der Waals surface area (Å²) in [6, 6.07) is -1.05. The van der Waals surface area contributed by atoms with Crippen LogP contribution < -0.4 is 11.1 Å². The largest absolute Gasteiger partial charge is 0.480 e. The van der Waals surface area contributed by atoms with Gasteiger partial charge in [-0.05, 0) is 0 Å². The van der Waals surface area contributed by atoms with Gasteiger partial charge in [-0.1, -0.05) is 0 Å². The first-order chi connectivity index (χ1) is 5.61. The average molecular weight is 176 g/mol. The number of aliphatic hydroxyl groups excluding tert-OH is 1. The number of hydrogen-bond acceptors (Lipinski definition) is 4. The fraction of sp³-hybridized carbons (Fsp3) is 0.667. The van der Waals surface area contributed by atoms with E-state index in [4.69, 9.17) is 15.9 Å². The molecule has 1 unspecified atom stereocenters. The molecule has 70 valence electrons. The van der Waals surface area contributed by atoms with Gasteiger partial charge in [-0.3, -0.25) is 4.79 Å². The molecule has 6 heteroatoms. The number of amides is 1. The van der Waals surface area contributed by atoms with Crippen molar-refractivity contribution < 1.29 is 19.8 Å². The summed E-state index contributed by atoms with van der Waals surface area (Å²) in [7, 11) is 0. The lowest BCUT2D eigenvalue weighted by atomic mass is 10.2. The van der Waals surface area contributed by atoms with Crippen LogP contribution >= 0.6 is 0 Å². The molecule has 0 aromatic rings. The molecule has 0 aliphatic heterocycles. The second-order valence-corrected chi connectivity index (χ2v) is 2.17. The zero-order valence-corrected chi connectivity index (χ0v) is 6.49. The van der Waals surface area contributed by atoms with E-state index < -0.39 is 17.9 Å². The normalized spacial score (nSPS) is 12.2. The number of carboxylic acids is 1. The molecule has 0 spiro atoms. The molecule has 5 N–H and O–H groups in total. The monoisotopic (exact) mass is 176 g/mol. The van der Waals surface area contributed by atoms with Gasteiger partial charge in [0.05, 0.1) is 6.54 Å². The maximum absolute atomic E-state index is 10.6. The van der Waals surface area contributed by atoms with Gasteiger partial charge < -0.3 is 21.3 Å². The number of carbonyl (C=O) groups excluding carboxylic acids is 1. The number of nitrogens with two attached hydrogens (primary N) is 1. The Labute approximate surface area is 69.4 Å². The van der Waals surface area contributed by atoms with Crippen molar-refractivity contribution in [3.8, 4) is 0 Å². The van der Waals surface area contributed by atoms with E-state index in [1.165, 1.54) is 0 Å². The maximum atomic E-state index is 10.6. The molecule has 0 aliphatic carbocycles. The molecule has 0 radical (unpaired) electrons. The summed E-state index contributed by atoms with van der Waals surface area (Å²) in [5, 5.41) is 19.1. The molecular formula is C6H12N2O4. The Morgan fingerprint density at radius 1 is 1.50 bits per heavy atom. The van der Waals surface area contributed by atoms with Crippen LogP contribution in [0.15, 0.2) is 0 Å². The highest BCUT2D eigenvalue weighted by Gasteiger charge is 2.17. The SMILES string of the molecule is NCC(=O)NC(CCO)C(=O)O. The minimum absolute atomic E-state index is 0.0128. The molecule has 0 heterocycles. The quantitative estimate of drug-likeness (QED) is 0.383. The second kappa shape index (κ2) is 5.50. The van der Waals surface area contributed by atoms with Crippen molar-refractivity contribution in [1.82, 2.24) is 5.32 Å². The Morgan fingerprint density at radius 2 is 2.08 bits per heavy atom. The average Bonchev–Trinajstić information content (AvgIpc) is 2.03. The minimum Gasteiger partial charge on any atom is -0.480 e. The third-order valence-electron chi connectivity index (χ3n) is 1.24. The summed E-state index contributed by atoms with van der Waals surface area (Å²) >= 11 is 0. The van der Waals surface area contributed by atoms with Gasteiger partial charge in [-0.25, -0.2) is 4.79 Å². The number of carboxylic acid groups (broad SMARTS) is 1. The van der Waals surface area contributed by atoms with Crippen LogP contribution in [0.5, 0.6) is 0 Å². The summed E-state index contributed by atoms with van der Waals surface area (Å²) in [6.07, 6.45) is -0.0128. The standard InChI is InChI=1S/C6H12N2O4/c7-3-5(10)8-4(1-2-9)6(11)12/h4,9H,1-3,7H2,(H,8,10)(H,11,12). The van der Waals surface area contributed by atoms with Gasteiger partial charge in [0.25, 0.3) is 0 Å². The summed E-state index contributed by atoms with van der Waals surface area (Å²) in [5.74, 6) is -1.72. The van der Waals surface area contributed by atoms with Crippen LogP contribution in [0, 0.1) is 0 Å². The van der Waals surface area contributed by atoms with Gasteiger partial charge in [0.15, 0.2) is 0 Å². The molecule has 12 heavy (non-hydrogen) atoms. The van der Waals surface area contributed by atoms with Gasteiger partial charge in [0.2, 0.25) is 5.91 Å². The lowest BCUT2D eigenvalue weighted by molar-refractivity contribution is -0.142. The lowest BCUT2D eigenvalue weighted by Gasteiger charge is -2.11. The Morgan fingerprint density at radius 3 is 2.42 bits per heavy atom. The van der Waals surface area contributed by atoms with Crippen LogP contribution in [0.1, 0.15) is 6.42 Å². The van der Waals surface area contributed by atoms with Crippen LogP contribution in [-0.2, 0) is 9.59 Å². The zero-order chi connectivity index (χ0) is 9.56. The fourth-order valence-electron chi connectivity index (χ4n) is 0.640. The number of hydrogen-bond donors (Lipinski definition) is 4. The molecule has 1 atom stereocenters. The van der Waals surface area contributed by atoms with Crippen molar-refractivity contribution in [1.29, 1.82) is 0 Å². The Bertz CT molecular complexity index is 169. The zero-order valence-electron chi connectivity index (χ0n) is 6.49. The molecule has 0 rings (SSSR count). The second-order valence-electron chi connectivity index (χ2n) is 2.17. The van der Waals surface area contributed by atoms with Crippen LogP contribution in [0.2, 0.25) is 0 Å². The van der Waals surface area contributed by atoms with Crippen molar-refractivity contribution in [2.24, 2.45) is 5.73 Å². The Balaban J connectivity index is 3.95. The van der Waals surface area contributed by atoms with Crippen molar-refractivity contribution in [3.63, 3.8) is 0 Å². The smallest absolute Gasteiger partial charge is 0.326 e. The van der Waals surface area contributed by atoms with E-state index in [0.717, 1.165) is 0 Å². The summed E-state index contributed by atoms with van der Waals surface area (Å²) in [4.78, 5) is 21.0. The number of carbonyl (C=O) groups is 2. The van der Waals surface area contributed by atoms with E-state index in [0.29, 0.717) is 0 Å². The fourth-order valence-corrected chi connectivity index (χ4v) is 0.640. The van der Waals surface area contributed by atoms with Gasteiger partial charge >= 0.3 is 5.97 Å². The molecule has 0 fully saturated rings. The van der Waals surface area contributed by atoms with E-state index in [1.54, 1.807) is 0 Å². The first-order valence-electron chi connectivity index (χ1n) is 3.45. The first kappa shape index (κ1) is 10.9. The summed E-state index contributed by atoms with van der Waals surface area (Å²) < 4.78 is 0. The molecule has 0 saturated carbocycles. The Hall–Kier alpha value is -1.14. The number of nitrogens with one attached hydrogen (secondary N) is 1. The van der Waals surface area contributed by atoms with E-state index in [9.17, 15) is 9.59 Å². The Kier molecular flexibility index (Phi) is 4.98. The van der Waals surface area contributed by atoms with Crippen LogP contribution in [0.3, 0.4) is 0 Å². The predicted octanol–water partition coefficient (Wildman–Crippen LogP) is -2.10. The van der Waals surface area contributed by atoms with Gasteiger partial charge in [0, 0.05) is 13.0 Å². The molecule has 1 amide bonds. The third kappa shape index (κ3) is 3.89.